The Morgan fingerprint density at radius 3 is 2.86 bits per heavy atom. The predicted molar refractivity (Wildman–Crippen MR) is 102 cm³/mol. The van der Waals surface area contributed by atoms with Gasteiger partial charge in [0.15, 0.2) is 29.8 Å². The van der Waals surface area contributed by atoms with E-state index in [1.807, 2.05) is 6.07 Å². The number of ketones is 1. The van der Waals surface area contributed by atoms with Crippen molar-refractivity contribution in [2.24, 2.45) is 0 Å². The number of esters is 1. The highest BCUT2D eigenvalue weighted by Gasteiger charge is 2.24. The summed E-state index contributed by atoms with van der Waals surface area (Å²) in [5.74, 6) is -0.916. The van der Waals surface area contributed by atoms with Gasteiger partial charge < -0.3 is 14.2 Å². The number of hydrogen-bond donors (Lipinski definition) is 0. The molecule has 1 aromatic heterocycles. The molecule has 144 valence electrons. The minimum absolute atomic E-state index is 0.406. The third kappa shape index (κ3) is 4.96. The summed E-state index contributed by atoms with van der Waals surface area (Å²) in [5, 5.41) is 11.4. The van der Waals surface area contributed by atoms with E-state index < -0.39 is 24.3 Å². The third-order valence-electron chi connectivity index (χ3n) is 3.87. The molecule has 2 aromatic rings. The number of carbonyl (C=O) groups is 2. The number of ether oxygens (including phenoxy) is 3. The van der Waals surface area contributed by atoms with E-state index >= 15 is 0 Å². The molecule has 1 aliphatic heterocycles. The second kappa shape index (κ2) is 9.15. The number of nitrogens with zero attached hydrogens (tertiary/aromatic N) is 2. The van der Waals surface area contributed by atoms with Crippen molar-refractivity contribution in [2.75, 3.05) is 19.8 Å². The van der Waals surface area contributed by atoms with E-state index in [2.05, 4.69) is 4.98 Å². The zero-order chi connectivity index (χ0) is 19.9. The van der Waals surface area contributed by atoms with E-state index in [9.17, 15) is 14.9 Å². The van der Waals surface area contributed by atoms with Crippen molar-refractivity contribution in [2.45, 2.75) is 19.3 Å². The normalized spacial score (nSPS) is 14.1. The van der Waals surface area contributed by atoms with Crippen molar-refractivity contribution in [3.05, 3.63) is 45.9 Å². The van der Waals surface area contributed by atoms with Crippen LogP contribution >= 0.6 is 11.3 Å². The summed E-state index contributed by atoms with van der Waals surface area (Å²) in [6.07, 6.45) is 3.60. The predicted octanol–water partition coefficient (Wildman–Crippen LogP) is 3.05. The van der Waals surface area contributed by atoms with E-state index in [-0.39, 0.29) is 0 Å². The van der Waals surface area contributed by atoms with Crippen molar-refractivity contribution >= 4 is 29.2 Å². The molecule has 0 saturated heterocycles. The van der Waals surface area contributed by atoms with E-state index in [0.29, 0.717) is 29.7 Å². The molecule has 1 atom stereocenters. The van der Waals surface area contributed by atoms with Gasteiger partial charge in [0.1, 0.15) is 5.01 Å². The summed E-state index contributed by atoms with van der Waals surface area (Å²) in [5.41, 5.74) is 1.48. The maximum atomic E-state index is 12.2. The molecule has 0 unspecified atom stereocenters. The number of nitriles is 1. The van der Waals surface area contributed by atoms with Gasteiger partial charge in [-0.3, -0.25) is 4.79 Å². The average Bonchev–Trinajstić information content (AvgIpc) is 2.98. The number of fused-ring (bicyclic) bond motifs is 1. The van der Waals surface area contributed by atoms with Crippen LogP contribution in [0.4, 0.5) is 0 Å². The van der Waals surface area contributed by atoms with E-state index in [1.165, 1.54) is 17.4 Å². The molecule has 0 aliphatic carbocycles. The quantitative estimate of drug-likeness (QED) is 0.545. The van der Waals surface area contributed by atoms with Crippen LogP contribution in [0.3, 0.4) is 0 Å². The van der Waals surface area contributed by atoms with Gasteiger partial charge in [-0.15, -0.1) is 11.3 Å². The van der Waals surface area contributed by atoms with Gasteiger partial charge in [-0.05, 0) is 30.7 Å². The first kappa shape index (κ1) is 19.6. The van der Waals surface area contributed by atoms with Crippen molar-refractivity contribution in [1.29, 1.82) is 5.26 Å². The van der Waals surface area contributed by atoms with Crippen molar-refractivity contribution in [1.82, 2.24) is 4.98 Å². The lowest BCUT2D eigenvalue weighted by molar-refractivity contribution is -0.143. The van der Waals surface area contributed by atoms with Crippen molar-refractivity contribution in [3.63, 3.8) is 0 Å². The number of Topliss-reactive ketones (excluding diaryl/α,β-unsaturated/α-hetero) is 1. The summed E-state index contributed by atoms with van der Waals surface area (Å²) in [7, 11) is 0. The van der Waals surface area contributed by atoms with E-state index in [1.54, 1.807) is 36.6 Å². The summed E-state index contributed by atoms with van der Waals surface area (Å²) < 4.78 is 16.1. The first-order valence-electron chi connectivity index (χ1n) is 8.65. The fourth-order valence-electron chi connectivity index (χ4n) is 2.49. The second-order valence-electron chi connectivity index (χ2n) is 6.05. The first-order valence-corrected chi connectivity index (χ1v) is 9.53. The number of hydrogen-bond acceptors (Lipinski definition) is 8. The number of thiazole rings is 1. The highest BCUT2D eigenvalue weighted by molar-refractivity contribution is 7.09. The Bertz CT molecular complexity index is 944. The molecule has 1 aliphatic rings. The molecule has 3 rings (SSSR count). The van der Waals surface area contributed by atoms with Gasteiger partial charge >= 0.3 is 5.97 Å². The smallest absolute Gasteiger partial charge is 0.331 e. The van der Waals surface area contributed by atoms with Crippen LogP contribution in [0.25, 0.3) is 6.08 Å². The van der Waals surface area contributed by atoms with Gasteiger partial charge in [-0.1, -0.05) is 6.07 Å². The van der Waals surface area contributed by atoms with E-state index in [4.69, 9.17) is 14.2 Å². The molecule has 0 N–H and O–H groups in total. The van der Waals surface area contributed by atoms with Gasteiger partial charge in [0.05, 0.1) is 19.3 Å². The molecule has 0 saturated carbocycles. The van der Waals surface area contributed by atoms with Crippen LogP contribution in [0.5, 0.6) is 11.5 Å². The highest BCUT2D eigenvalue weighted by atomic mass is 32.1. The molecule has 28 heavy (non-hydrogen) atoms. The van der Waals surface area contributed by atoms with Crippen LogP contribution < -0.4 is 9.47 Å². The van der Waals surface area contributed by atoms with Crippen LogP contribution in [0.2, 0.25) is 0 Å². The fourth-order valence-corrected chi connectivity index (χ4v) is 3.35. The van der Waals surface area contributed by atoms with Gasteiger partial charge in [-0.2, -0.15) is 5.26 Å². The van der Waals surface area contributed by atoms with E-state index in [0.717, 1.165) is 17.7 Å². The minimum atomic E-state index is -1.03. The Hall–Kier alpha value is -3.18. The number of carbonyl (C=O) groups excluding carboxylic acids is 2. The van der Waals surface area contributed by atoms with Crippen molar-refractivity contribution < 1.29 is 23.8 Å². The molecule has 1 aromatic carbocycles. The Balaban J connectivity index is 1.56. The first-order chi connectivity index (χ1) is 13.6. The zero-order valence-corrected chi connectivity index (χ0v) is 16.0. The number of benzene rings is 1. The SMILES string of the molecule is Cc1csc([C@H](C#N)C(=O)COC(=O)/C=C/c2ccc3c(c2)OCCCO3)n1. The molecule has 2 heterocycles. The Labute approximate surface area is 166 Å². The summed E-state index contributed by atoms with van der Waals surface area (Å²) in [6.45, 7) is 2.47. The molecular formula is C20H18N2O5S. The molecule has 0 fully saturated rings. The lowest BCUT2D eigenvalue weighted by Crippen LogP contribution is -2.19. The number of rotatable bonds is 6. The van der Waals surface area contributed by atoms with Gasteiger partial charge in [0.2, 0.25) is 0 Å². The van der Waals surface area contributed by atoms with Gasteiger partial charge in [-0.25, -0.2) is 9.78 Å². The second-order valence-corrected chi connectivity index (χ2v) is 6.94. The van der Waals surface area contributed by atoms with Crippen LogP contribution in [-0.4, -0.2) is 36.6 Å². The largest absolute Gasteiger partial charge is 0.490 e. The van der Waals surface area contributed by atoms with Crippen LogP contribution in [0.1, 0.15) is 28.6 Å². The van der Waals surface area contributed by atoms with Gasteiger partial charge in [0.25, 0.3) is 0 Å². The van der Waals surface area contributed by atoms with Gasteiger partial charge in [0, 0.05) is 23.6 Å². The Morgan fingerprint density at radius 1 is 1.36 bits per heavy atom. The molecule has 0 amide bonds. The summed E-state index contributed by atoms with van der Waals surface area (Å²) in [4.78, 5) is 28.2. The minimum Gasteiger partial charge on any atom is -0.490 e. The molecule has 8 heteroatoms. The lowest BCUT2D eigenvalue weighted by Gasteiger charge is -2.07. The topological polar surface area (TPSA) is 98.5 Å². The van der Waals surface area contributed by atoms with Crippen LogP contribution in [0.15, 0.2) is 29.7 Å². The Kier molecular flexibility index (Phi) is 6.40. The molecule has 0 radical (unpaired) electrons. The summed E-state index contributed by atoms with van der Waals surface area (Å²) >= 11 is 1.23. The van der Waals surface area contributed by atoms with Crippen LogP contribution in [-0.2, 0) is 14.3 Å². The van der Waals surface area contributed by atoms with Crippen molar-refractivity contribution in [3.8, 4) is 17.6 Å². The third-order valence-corrected chi connectivity index (χ3v) is 4.90. The average molecular weight is 398 g/mol. The molecule has 0 bridgehead atoms. The maximum Gasteiger partial charge on any atom is 0.331 e. The van der Waals surface area contributed by atoms with Crippen LogP contribution in [0, 0.1) is 18.3 Å². The molecular weight excluding hydrogens is 380 g/mol. The zero-order valence-electron chi connectivity index (χ0n) is 15.2. The standard InChI is InChI=1S/C20H18N2O5S/c1-13-12-28-20(22-13)15(10-21)16(23)11-27-19(24)6-4-14-3-5-17-18(9-14)26-8-2-7-25-17/h3-6,9,12,15H,2,7-8,11H2,1H3/b6-4+/t15-/m1/s1. The Morgan fingerprint density at radius 2 is 2.14 bits per heavy atom. The molecule has 0 spiro atoms. The monoisotopic (exact) mass is 398 g/mol. The highest BCUT2D eigenvalue weighted by Crippen LogP contribution is 2.30. The number of aryl methyl sites for hydroxylation is 1. The number of aromatic nitrogens is 1. The maximum absolute atomic E-state index is 12.2. The lowest BCUT2D eigenvalue weighted by atomic mass is 10.1. The summed E-state index contributed by atoms with van der Waals surface area (Å²) in [6, 6.07) is 7.25. The fraction of sp³-hybridized carbons (Fsp3) is 0.300. The molecule has 7 nitrogen and oxygen atoms in total.